The fourth-order valence-corrected chi connectivity index (χ4v) is 15.1. The number of imidazole rings is 4. The first-order valence-corrected chi connectivity index (χ1v) is 38.2. The Hall–Kier alpha value is -12.1. The van der Waals surface area contributed by atoms with E-state index in [4.69, 9.17) is 91.5 Å². The number of benzene rings is 1. The van der Waals surface area contributed by atoms with E-state index in [0.717, 1.165) is 181 Å². The molecule has 578 valence electrons. The third-order valence-electron chi connectivity index (χ3n) is 21.3. The molecule has 37 heteroatoms. The zero-order valence-electron chi connectivity index (χ0n) is 62.5. The standard InChI is InChI=1S/C20H26N8O.C19H24N8O.C19H18N8O.C17H20N8O2/c1-13-2-4-15(5-3-13)28-12-24-17-16(14-10-22-19(21)23-11-14)25-20(26-18(17)28)27-6-8-29-9-7-27;1-12-2-3-14(8-12)27-11-23-16-15(13-9-21-18(20)22-10-13)24-19(25-17(16)27)26-4-6-28-7-5-26;20-18-21-10-13(11-22-18)15-16-17(25-19(24-15)26-6-8-28-9-7-26)27(12-23-16)14-4-2-1-3-5-14;18-16-19-7-11(8-20-16)13-14-15(25(10-21-14)12-1-4-27-9-12)23-17(22-13)24-2-5-26-6-3-24/h10-13,15H,2-9H2,1H3,(H2,21,22,23);9-12,14H,2-8H2,1H3,(H2,20,21,22);1-5,10-12H,6-9H2,(H2,20,21,22);7-8,10,12H,1-6,9H2,(H2,18,19,20). The van der Waals surface area contributed by atoms with Crippen LogP contribution in [0.3, 0.4) is 0 Å². The Balaban J connectivity index is 0.000000108. The summed E-state index contributed by atoms with van der Waals surface area (Å²) in [5.41, 5.74) is 35.9. The molecule has 3 atom stereocenters. The smallest absolute Gasteiger partial charge is 0.228 e. The summed E-state index contributed by atoms with van der Waals surface area (Å²) in [7, 11) is 0. The normalized spacial score (nSPS) is 20.2. The van der Waals surface area contributed by atoms with Crippen LogP contribution in [0.1, 0.15) is 83.3 Å². The van der Waals surface area contributed by atoms with E-state index >= 15 is 0 Å². The lowest BCUT2D eigenvalue weighted by Crippen LogP contribution is -2.37. The van der Waals surface area contributed by atoms with Crippen LogP contribution in [0.25, 0.3) is 95.4 Å². The first-order valence-electron chi connectivity index (χ1n) is 38.2. The van der Waals surface area contributed by atoms with Gasteiger partial charge in [0.05, 0.1) is 84.5 Å². The van der Waals surface area contributed by atoms with Crippen molar-refractivity contribution in [3.8, 4) is 50.7 Å². The summed E-state index contributed by atoms with van der Waals surface area (Å²) in [4.78, 5) is 99.0. The van der Waals surface area contributed by atoms with Gasteiger partial charge in [0.1, 0.15) is 51.2 Å². The van der Waals surface area contributed by atoms with Crippen LogP contribution >= 0.6 is 0 Å². The molecule has 20 rings (SSSR count). The number of aromatic nitrogens is 24. The average molecular weight is 1520 g/mol. The molecule has 12 aromatic heterocycles. The van der Waals surface area contributed by atoms with Gasteiger partial charge in [-0.2, -0.15) is 19.9 Å². The van der Waals surface area contributed by atoms with Crippen molar-refractivity contribution < 1.29 is 23.7 Å². The first-order chi connectivity index (χ1) is 55.0. The van der Waals surface area contributed by atoms with Crippen LogP contribution in [0.2, 0.25) is 0 Å². The molecule has 1 aromatic carbocycles. The van der Waals surface area contributed by atoms with E-state index in [1.165, 1.54) is 19.3 Å². The van der Waals surface area contributed by atoms with Crippen molar-refractivity contribution in [2.75, 3.05) is 161 Å². The van der Waals surface area contributed by atoms with Gasteiger partial charge < -0.3 is 79.9 Å². The molecule has 7 aliphatic rings. The van der Waals surface area contributed by atoms with Gasteiger partial charge in [-0.05, 0) is 75.3 Å². The van der Waals surface area contributed by atoms with E-state index in [-0.39, 0.29) is 29.8 Å². The highest BCUT2D eigenvalue weighted by Gasteiger charge is 2.31. The van der Waals surface area contributed by atoms with Crippen LogP contribution < -0.4 is 42.5 Å². The summed E-state index contributed by atoms with van der Waals surface area (Å²) in [6.07, 6.45) is 30.2. The number of para-hydroxylation sites is 1. The number of hydrogen-bond donors (Lipinski definition) is 4. The summed E-state index contributed by atoms with van der Waals surface area (Å²) < 4.78 is 36.0. The van der Waals surface area contributed by atoms with E-state index in [0.29, 0.717) is 112 Å². The lowest BCUT2D eigenvalue weighted by molar-refractivity contribution is 0.122. The van der Waals surface area contributed by atoms with Crippen molar-refractivity contribution in [2.24, 2.45) is 11.8 Å². The number of anilines is 8. The Morgan fingerprint density at radius 3 is 0.982 bits per heavy atom. The third kappa shape index (κ3) is 15.7. The number of hydrogen-bond acceptors (Lipinski definition) is 33. The molecule has 5 aliphatic heterocycles. The molecule has 2 saturated carbocycles. The Morgan fingerprint density at radius 1 is 0.312 bits per heavy atom. The molecule has 0 amide bonds. The third-order valence-corrected chi connectivity index (χ3v) is 21.3. The topological polar surface area (TPSA) is 441 Å². The SMILES string of the molecule is CC1CCC(n2cnc3c(-c4cnc(N)nc4)nc(N4CCOCC4)nc32)C1.CC1CCC(n2cnc3c(-c4cnc(N)nc4)nc(N4CCOCC4)nc32)CC1.Nc1ncc(-c2nc(N3CCOCC3)nc3c2ncn3-c2ccccc2)cn1.Nc1ncc(-c2nc(N3CCOCC3)nc3c2ncn3C2CCOC2)cn1. The van der Waals surface area contributed by atoms with Gasteiger partial charge >= 0.3 is 0 Å². The number of nitrogen functional groups attached to an aromatic ring is 4. The molecule has 13 aromatic rings. The Bertz CT molecular complexity index is 5340. The van der Waals surface area contributed by atoms with E-state index in [1.807, 2.05) is 53.9 Å². The monoisotopic (exact) mass is 1520 g/mol. The molecule has 37 nitrogen and oxygen atoms in total. The molecule has 112 heavy (non-hydrogen) atoms. The lowest BCUT2D eigenvalue weighted by Gasteiger charge is -2.28. The van der Waals surface area contributed by atoms with E-state index < -0.39 is 0 Å². The van der Waals surface area contributed by atoms with E-state index in [1.54, 1.807) is 55.9 Å². The van der Waals surface area contributed by atoms with Crippen molar-refractivity contribution in [2.45, 2.75) is 83.3 Å². The van der Waals surface area contributed by atoms with Gasteiger partial charge in [0.15, 0.2) is 22.6 Å². The summed E-state index contributed by atoms with van der Waals surface area (Å²) >= 11 is 0. The summed E-state index contributed by atoms with van der Waals surface area (Å²) in [5, 5.41) is 0. The maximum atomic E-state index is 5.68. The minimum atomic E-state index is 0.220. The Morgan fingerprint density at radius 2 is 0.634 bits per heavy atom. The zero-order valence-corrected chi connectivity index (χ0v) is 62.5. The van der Waals surface area contributed by atoms with Crippen LogP contribution in [-0.2, 0) is 23.7 Å². The molecule has 7 fully saturated rings. The fraction of sp³-hybridized carbons (Fsp3) is 0.440. The molecule has 8 N–H and O–H groups in total. The minimum Gasteiger partial charge on any atom is -0.379 e. The zero-order chi connectivity index (χ0) is 76.0. The van der Waals surface area contributed by atoms with Gasteiger partial charge in [-0.25, -0.2) is 79.7 Å². The number of nitrogens with zero attached hydrogens (tertiary/aromatic N) is 28. The van der Waals surface area contributed by atoms with Crippen molar-refractivity contribution in [1.29, 1.82) is 0 Å². The van der Waals surface area contributed by atoms with E-state index in [9.17, 15) is 0 Å². The van der Waals surface area contributed by atoms with Crippen LogP contribution in [0.5, 0.6) is 0 Å². The van der Waals surface area contributed by atoms with Crippen molar-refractivity contribution in [1.82, 2.24) is 118 Å². The molecule has 2 aliphatic carbocycles. The summed E-state index contributed by atoms with van der Waals surface area (Å²) in [5.74, 6) is 5.17. The van der Waals surface area contributed by atoms with Crippen molar-refractivity contribution in [3.05, 3.63) is 105 Å². The maximum absolute atomic E-state index is 5.68. The highest BCUT2D eigenvalue weighted by Crippen LogP contribution is 2.40. The van der Waals surface area contributed by atoms with E-state index in [2.05, 4.69) is 102 Å². The summed E-state index contributed by atoms with van der Waals surface area (Å²) in [6, 6.07) is 11.1. The highest BCUT2D eigenvalue weighted by atomic mass is 16.5. The molecule has 17 heterocycles. The molecule has 0 radical (unpaired) electrons. The maximum Gasteiger partial charge on any atom is 0.228 e. The van der Waals surface area contributed by atoms with Crippen molar-refractivity contribution >= 4 is 92.2 Å². The largest absolute Gasteiger partial charge is 0.379 e. The van der Waals surface area contributed by atoms with Gasteiger partial charge in [-0.1, -0.05) is 32.0 Å². The van der Waals surface area contributed by atoms with Crippen LogP contribution in [0.4, 0.5) is 47.6 Å². The van der Waals surface area contributed by atoms with Gasteiger partial charge in [-0.3, -0.25) is 4.57 Å². The average Bonchev–Trinajstić information content (AvgIpc) is 1.60. The molecule has 5 saturated heterocycles. The Labute approximate surface area is 643 Å². The molecular formula is C75H88N32O5. The minimum absolute atomic E-state index is 0.220. The second kappa shape index (κ2) is 32.9. The van der Waals surface area contributed by atoms with Gasteiger partial charge in [-0.15, -0.1) is 0 Å². The van der Waals surface area contributed by atoms with Gasteiger partial charge in [0, 0.05) is 149 Å². The predicted octanol–water partition coefficient (Wildman–Crippen LogP) is 6.87. The Kier molecular flexibility index (Phi) is 21.4. The number of ether oxygens (including phenoxy) is 5. The summed E-state index contributed by atoms with van der Waals surface area (Å²) in [6.45, 7) is 17.5. The van der Waals surface area contributed by atoms with Gasteiger partial charge in [0.2, 0.25) is 47.6 Å². The second-order valence-corrected chi connectivity index (χ2v) is 28.8. The van der Waals surface area contributed by atoms with Crippen LogP contribution in [0.15, 0.2) is 105 Å². The van der Waals surface area contributed by atoms with Crippen molar-refractivity contribution in [3.63, 3.8) is 0 Å². The molecular weight excluding hydrogens is 1430 g/mol. The quantitative estimate of drug-likeness (QED) is 0.0968. The van der Waals surface area contributed by atoms with Crippen LogP contribution in [-0.4, -0.2) is 236 Å². The van der Waals surface area contributed by atoms with Crippen LogP contribution in [0, 0.1) is 11.8 Å². The highest BCUT2D eigenvalue weighted by molar-refractivity contribution is 5.92. The van der Waals surface area contributed by atoms with Gasteiger partial charge in [0.25, 0.3) is 0 Å². The number of rotatable bonds is 12. The number of fused-ring (bicyclic) bond motifs is 4. The predicted molar refractivity (Wildman–Crippen MR) is 420 cm³/mol. The second-order valence-electron chi connectivity index (χ2n) is 28.8. The molecule has 3 unspecified atom stereocenters. The number of nitrogens with two attached hydrogens (primary N) is 4. The molecule has 0 bridgehead atoms. The number of morpholine rings is 4. The molecule has 0 spiro atoms. The first kappa shape index (κ1) is 72.8. The fourth-order valence-electron chi connectivity index (χ4n) is 15.1. The lowest BCUT2D eigenvalue weighted by atomic mass is 9.87.